The summed E-state index contributed by atoms with van der Waals surface area (Å²) in [5, 5.41) is 2.65. The van der Waals surface area contributed by atoms with E-state index in [4.69, 9.17) is 11.6 Å². The number of anilines is 1. The minimum atomic E-state index is -0.680. The highest BCUT2D eigenvalue weighted by molar-refractivity contribution is 6.18. The Morgan fingerprint density at radius 2 is 1.95 bits per heavy atom. The molecule has 1 aromatic rings. The predicted octanol–water partition coefficient (Wildman–Crippen LogP) is 2.40. The van der Waals surface area contributed by atoms with Crippen molar-refractivity contribution in [3.63, 3.8) is 0 Å². The van der Waals surface area contributed by atoms with Crippen LogP contribution in [-0.4, -0.2) is 17.5 Å². The summed E-state index contributed by atoms with van der Waals surface area (Å²) < 4.78 is 0. The number of nitrogens with one attached hydrogen (secondary N) is 1. The molecule has 0 unspecified atom stereocenters. The van der Waals surface area contributed by atoms with Gasteiger partial charge in [0.2, 0.25) is 5.91 Å². The van der Waals surface area contributed by atoms with Crippen LogP contribution in [-0.2, 0) is 20.3 Å². The summed E-state index contributed by atoms with van der Waals surface area (Å²) in [6, 6.07) is 5.10. The number of benzene rings is 1. The Hall–Kier alpha value is -1.68. The van der Waals surface area contributed by atoms with E-state index in [1.165, 1.54) is 6.92 Å². The van der Waals surface area contributed by atoms with Gasteiger partial charge in [-0.15, -0.1) is 11.6 Å². The van der Waals surface area contributed by atoms with Crippen molar-refractivity contribution in [1.29, 1.82) is 0 Å². The van der Waals surface area contributed by atoms with Crippen molar-refractivity contribution in [2.45, 2.75) is 31.6 Å². The number of Topliss-reactive ketones (excluding diaryl/α,β-unsaturated/α-hetero) is 2. The molecular weight excluding hydrogens is 266 g/mol. The molecule has 1 aliphatic rings. The third kappa shape index (κ3) is 2.84. The molecular formula is C14H14ClNO3. The van der Waals surface area contributed by atoms with Crippen molar-refractivity contribution < 1.29 is 14.4 Å². The Balaban J connectivity index is 2.38. The maximum Gasteiger partial charge on any atom is 0.221 e. The lowest BCUT2D eigenvalue weighted by Gasteiger charge is -2.14. The van der Waals surface area contributed by atoms with Gasteiger partial charge in [-0.25, -0.2) is 0 Å². The van der Waals surface area contributed by atoms with Crippen molar-refractivity contribution in [2.24, 2.45) is 0 Å². The number of hydrogen-bond donors (Lipinski definition) is 1. The average molecular weight is 280 g/mol. The largest absolute Gasteiger partial charge is 0.326 e. The topological polar surface area (TPSA) is 63.2 Å². The smallest absolute Gasteiger partial charge is 0.221 e. The van der Waals surface area contributed by atoms with Crippen LogP contribution in [0.3, 0.4) is 0 Å². The fraction of sp³-hybridized carbons (Fsp3) is 0.357. The standard InChI is InChI=1S/C14H14ClNO3/c1-8(17)16-10-2-3-11(9(6-10)7-15)14-12(18)4-5-13(14)19/h2-3,6,14H,4-5,7H2,1H3,(H,16,17). The Bertz CT molecular complexity index is 538. The molecule has 100 valence electrons. The normalized spacial score (nSPS) is 15.9. The summed E-state index contributed by atoms with van der Waals surface area (Å²) in [6.45, 7) is 1.41. The van der Waals surface area contributed by atoms with Gasteiger partial charge in [-0.3, -0.25) is 14.4 Å². The van der Waals surface area contributed by atoms with Gasteiger partial charge >= 0.3 is 0 Å². The number of alkyl halides is 1. The van der Waals surface area contributed by atoms with E-state index < -0.39 is 5.92 Å². The number of hydrogen-bond acceptors (Lipinski definition) is 3. The summed E-state index contributed by atoms with van der Waals surface area (Å²) in [4.78, 5) is 34.6. The summed E-state index contributed by atoms with van der Waals surface area (Å²) >= 11 is 5.88. The van der Waals surface area contributed by atoms with Crippen molar-refractivity contribution in [2.75, 3.05) is 5.32 Å². The van der Waals surface area contributed by atoms with Gasteiger partial charge in [0.05, 0.1) is 0 Å². The van der Waals surface area contributed by atoms with Crippen LogP contribution in [0.1, 0.15) is 36.8 Å². The zero-order chi connectivity index (χ0) is 14.0. The van der Waals surface area contributed by atoms with Crippen molar-refractivity contribution in [3.05, 3.63) is 29.3 Å². The highest BCUT2D eigenvalue weighted by atomic mass is 35.5. The summed E-state index contributed by atoms with van der Waals surface area (Å²) in [5.41, 5.74) is 1.99. The van der Waals surface area contributed by atoms with Crippen LogP contribution < -0.4 is 5.32 Å². The Labute approximate surface area is 116 Å². The molecule has 0 heterocycles. The molecule has 1 amide bonds. The number of halogens is 1. The second-order valence-corrected chi connectivity index (χ2v) is 4.86. The van der Waals surface area contributed by atoms with E-state index in [1.54, 1.807) is 18.2 Å². The van der Waals surface area contributed by atoms with E-state index in [9.17, 15) is 14.4 Å². The zero-order valence-corrected chi connectivity index (χ0v) is 11.3. The van der Waals surface area contributed by atoms with Gasteiger partial charge in [0.1, 0.15) is 17.5 Å². The van der Waals surface area contributed by atoms with Crippen molar-refractivity contribution in [3.8, 4) is 0 Å². The lowest BCUT2D eigenvalue weighted by atomic mass is 9.91. The molecule has 1 saturated carbocycles. The predicted molar refractivity (Wildman–Crippen MR) is 72.3 cm³/mol. The van der Waals surface area contributed by atoms with E-state index >= 15 is 0 Å². The van der Waals surface area contributed by atoms with E-state index in [-0.39, 0.29) is 23.4 Å². The monoisotopic (exact) mass is 279 g/mol. The SMILES string of the molecule is CC(=O)Nc1ccc(C2C(=O)CCC2=O)c(CCl)c1. The number of ketones is 2. The highest BCUT2D eigenvalue weighted by Crippen LogP contribution is 2.32. The molecule has 4 nitrogen and oxygen atoms in total. The quantitative estimate of drug-likeness (QED) is 0.683. The molecule has 0 atom stereocenters. The van der Waals surface area contributed by atoms with E-state index in [1.807, 2.05) is 0 Å². The zero-order valence-electron chi connectivity index (χ0n) is 10.5. The molecule has 0 bridgehead atoms. The molecule has 1 aromatic carbocycles. The fourth-order valence-electron chi connectivity index (χ4n) is 2.35. The first-order valence-corrected chi connectivity index (χ1v) is 6.58. The first-order chi connectivity index (χ1) is 9.02. The molecule has 0 saturated heterocycles. The van der Waals surface area contributed by atoms with E-state index in [0.29, 0.717) is 29.7 Å². The van der Waals surface area contributed by atoms with Crippen LogP contribution in [0.5, 0.6) is 0 Å². The van der Waals surface area contributed by atoms with Gasteiger partial charge < -0.3 is 5.32 Å². The van der Waals surface area contributed by atoms with Gasteiger partial charge in [-0.1, -0.05) is 6.07 Å². The number of amides is 1. The number of carbonyl (C=O) groups is 3. The van der Waals surface area contributed by atoms with Gasteiger partial charge in [-0.2, -0.15) is 0 Å². The molecule has 19 heavy (non-hydrogen) atoms. The minimum absolute atomic E-state index is 0.0522. The number of rotatable bonds is 3. The van der Waals surface area contributed by atoms with Crippen LogP contribution in [0.15, 0.2) is 18.2 Å². The summed E-state index contributed by atoms with van der Waals surface area (Å²) in [6.07, 6.45) is 0.608. The van der Waals surface area contributed by atoms with Crippen LogP contribution in [0.2, 0.25) is 0 Å². The molecule has 5 heteroatoms. The number of carbonyl (C=O) groups excluding carboxylic acids is 3. The molecule has 0 aromatic heterocycles. The van der Waals surface area contributed by atoms with Gasteiger partial charge in [0.15, 0.2) is 0 Å². The average Bonchev–Trinajstić information content (AvgIpc) is 2.68. The van der Waals surface area contributed by atoms with Crippen LogP contribution in [0.4, 0.5) is 5.69 Å². The lowest BCUT2D eigenvalue weighted by molar-refractivity contribution is -0.123. The fourth-order valence-corrected chi connectivity index (χ4v) is 2.58. The maximum absolute atomic E-state index is 11.8. The molecule has 2 rings (SSSR count). The van der Waals surface area contributed by atoms with Crippen molar-refractivity contribution >= 4 is 34.8 Å². The highest BCUT2D eigenvalue weighted by Gasteiger charge is 2.35. The van der Waals surface area contributed by atoms with Gasteiger partial charge in [0, 0.05) is 31.3 Å². The molecule has 0 radical (unpaired) electrons. The van der Waals surface area contributed by atoms with Crippen LogP contribution in [0, 0.1) is 0 Å². The lowest BCUT2D eigenvalue weighted by Crippen LogP contribution is -2.14. The van der Waals surface area contributed by atoms with Crippen LogP contribution >= 0.6 is 11.6 Å². The maximum atomic E-state index is 11.8. The Kier molecular flexibility index (Phi) is 4.00. The molecule has 0 aliphatic heterocycles. The third-order valence-electron chi connectivity index (χ3n) is 3.18. The third-order valence-corrected chi connectivity index (χ3v) is 3.47. The molecule has 1 aliphatic carbocycles. The van der Waals surface area contributed by atoms with E-state index in [2.05, 4.69) is 5.32 Å². The Morgan fingerprint density at radius 3 is 2.47 bits per heavy atom. The molecule has 0 spiro atoms. The van der Waals surface area contributed by atoms with E-state index in [0.717, 1.165) is 0 Å². The second-order valence-electron chi connectivity index (χ2n) is 4.59. The minimum Gasteiger partial charge on any atom is -0.326 e. The Morgan fingerprint density at radius 1 is 1.32 bits per heavy atom. The molecule has 1 N–H and O–H groups in total. The summed E-state index contributed by atoms with van der Waals surface area (Å²) in [5.74, 6) is -0.770. The summed E-state index contributed by atoms with van der Waals surface area (Å²) in [7, 11) is 0. The molecule has 1 fully saturated rings. The van der Waals surface area contributed by atoms with Crippen LogP contribution in [0.25, 0.3) is 0 Å². The van der Waals surface area contributed by atoms with Crippen molar-refractivity contribution in [1.82, 2.24) is 0 Å². The van der Waals surface area contributed by atoms with Gasteiger partial charge in [0.25, 0.3) is 0 Å². The second kappa shape index (κ2) is 5.53. The first kappa shape index (κ1) is 13.7. The first-order valence-electron chi connectivity index (χ1n) is 6.04. The van der Waals surface area contributed by atoms with Gasteiger partial charge in [-0.05, 0) is 23.3 Å².